The lowest BCUT2D eigenvalue weighted by Gasteiger charge is -2.32. The van der Waals surface area contributed by atoms with Gasteiger partial charge in [0.25, 0.3) is 0 Å². The van der Waals surface area contributed by atoms with E-state index in [1.165, 1.54) is 0 Å². The summed E-state index contributed by atoms with van der Waals surface area (Å²) >= 11 is 0. The van der Waals surface area contributed by atoms with E-state index in [0.717, 1.165) is 11.3 Å². The highest BCUT2D eigenvalue weighted by atomic mass is 16.7. The number of fused-ring (bicyclic) bond motifs is 1. The summed E-state index contributed by atoms with van der Waals surface area (Å²) in [4.78, 5) is 10.8. The van der Waals surface area contributed by atoms with Crippen molar-refractivity contribution in [3.63, 3.8) is 0 Å². The summed E-state index contributed by atoms with van der Waals surface area (Å²) in [6, 6.07) is 4.94. The largest absolute Gasteiger partial charge is 0.463 e. The number of rotatable bonds is 1. The summed E-state index contributed by atoms with van der Waals surface area (Å²) < 4.78 is 18.0. The van der Waals surface area contributed by atoms with Crippen LogP contribution in [0.3, 0.4) is 0 Å². The van der Waals surface area contributed by atoms with Gasteiger partial charge in [-0.05, 0) is 18.2 Å². The zero-order valence-electron chi connectivity index (χ0n) is 9.16. The molecule has 14 heavy (non-hydrogen) atoms. The van der Waals surface area contributed by atoms with Crippen LogP contribution in [0.25, 0.3) is 0 Å². The lowest BCUT2D eigenvalue weighted by molar-refractivity contribution is -0.180. The highest BCUT2D eigenvalue weighted by Crippen LogP contribution is 2.31. The second kappa shape index (κ2) is 3.10. The molecule has 0 saturated carbocycles. The molecule has 0 unspecified atom stereocenters. The van der Waals surface area contributed by atoms with Crippen LogP contribution in [0.2, 0.25) is 0 Å². The molecule has 1 aliphatic heterocycles. The average molecular weight is 193 g/mol. The maximum atomic E-state index is 10.8. The molecule has 0 aliphatic carbocycles. The van der Waals surface area contributed by atoms with Gasteiger partial charge in [0.05, 0.1) is 6.61 Å². The minimum absolute atomic E-state index is 0.362. The Morgan fingerprint density at radius 1 is 1.57 bits per heavy atom. The lowest BCUT2D eigenvalue weighted by atomic mass is 10.1. The number of aldehydes is 1. The molecule has 2 rings (SSSR count). The fraction of sp³-hybridized carbons (Fsp3) is 0.364. The van der Waals surface area contributed by atoms with Crippen LogP contribution in [-0.4, -0.2) is 12.0 Å². The first-order chi connectivity index (χ1) is 6.98. The number of ether oxygens (including phenoxy) is 2. The van der Waals surface area contributed by atoms with Crippen LogP contribution in [0.4, 0.5) is 0 Å². The lowest BCUT2D eigenvalue weighted by Crippen LogP contribution is -2.35. The van der Waals surface area contributed by atoms with E-state index in [1.807, 2.05) is 13.8 Å². The third-order valence-electron chi connectivity index (χ3n) is 2.11. The molecule has 0 amide bonds. The van der Waals surface area contributed by atoms with Crippen LogP contribution in [0.1, 0.15) is 31.1 Å². The van der Waals surface area contributed by atoms with Crippen LogP contribution >= 0.6 is 0 Å². The zero-order valence-corrected chi connectivity index (χ0v) is 8.16. The molecule has 0 bridgehead atoms. The minimum atomic E-state index is -0.692. The monoisotopic (exact) mass is 193 g/mol. The molecule has 3 heteroatoms. The van der Waals surface area contributed by atoms with Gasteiger partial charge in [0.1, 0.15) is 13.4 Å². The van der Waals surface area contributed by atoms with E-state index in [0.29, 0.717) is 12.2 Å². The SMILES string of the molecule is [2H]C(=O)c1ccc2c(c1)COC(C)(C)O2. The Labute approximate surface area is 84.0 Å². The summed E-state index contributed by atoms with van der Waals surface area (Å²) in [5.74, 6) is 0.0932. The van der Waals surface area contributed by atoms with Crippen molar-refractivity contribution in [2.24, 2.45) is 0 Å². The van der Waals surface area contributed by atoms with E-state index in [-0.39, 0.29) is 0 Å². The van der Waals surface area contributed by atoms with Crippen LogP contribution in [0.15, 0.2) is 18.2 Å². The van der Waals surface area contributed by atoms with Crippen molar-refractivity contribution in [1.29, 1.82) is 0 Å². The van der Waals surface area contributed by atoms with Gasteiger partial charge in [-0.3, -0.25) is 4.79 Å². The summed E-state index contributed by atoms with van der Waals surface area (Å²) in [5, 5.41) is 0. The Kier molecular flexibility index (Phi) is 1.77. The molecule has 0 fully saturated rings. The molecule has 0 N–H and O–H groups in total. The van der Waals surface area contributed by atoms with E-state index < -0.39 is 12.0 Å². The molecule has 1 aromatic carbocycles. The zero-order chi connectivity index (χ0) is 11.1. The molecular formula is C11H12O3. The molecule has 0 atom stereocenters. The molecule has 1 aliphatic rings. The van der Waals surface area contributed by atoms with Gasteiger partial charge in [-0.25, -0.2) is 0 Å². The molecule has 0 spiro atoms. The Hall–Kier alpha value is -1.35. The number of carbonyl (C=O) groups is 1. The highest BCUT2D eigenvalue weighted by Gasteiger charge is 2.26. The van der Waals surface area contributed by atoms with Crippen LogP contribution in [0, 0.1) is 0 Å². The first-order valence-corrected chi connectivity index (χ1v) is 4.45. The van der Waals surface area contributed by atoms with Gasteiger partial charge < -0.3 is 9.47 Å². The summed E-state index contributed by atoms with van der Waals surface area (Å²) in [7, 11) is 0. The molecule has 3 nitrogen and oxygen atoms in total. The van der Waals surface area contributed by atoms with Crippen molar-refractivity contribution in [1.82, 2.24) is 0 Å². The van der Waals surface area contributed by atoms with E-state index in [9.17, 15) is 4.79 Å². The van der Waals surface area contributed by atoms with Crippen molar-refractivity contribution in [2.45, 2.75) is 26.2 Å². The molecule has 1 heterocycles. The van der Waals surface area contributed by atoms with E-state index >= 15 is 0 Å². The van der Waals surface area contributed by atoms with Crippen molar-refractivity contribution >= 4 is 6.26 Å². The Balaban J connectivity index is 2.36. The van der Waals surface area contributed by atoms with Gasteiger partial charge in [0.2, 0.25) is 5.79 Å². The van der Waals surface area contributed by atoms with E-state index in [1.54, 1.807) is 18.2 Å². The molecule has 1 aromatic rings. The fourth-order valence-electron chi connectivity index (χ4n) is 1.40. The average Bonchev–Trinajstić information content (AvgIpc) is 2.15. The van der Waals surface area contributed by atoms with Gasteiger partial charge in [0.15, 0.2) is 0 Å². The van der Waals surface area contributed by atoms with Gasteiger partial charge >= 0.3 is 0 Å². The maximum absolute atomic E-state index is 10.8. The third-order valence-corrected chi connectivity index (χ3v) is 2.11. The van der Waals surface area contributed by atoms with Crippen LogP contribution < -0.4 is 4.74 Å². The first-order valence-electron chi connectivity index (χ1n) is 4.95. The van der Waals surface area contributed by atoms with Crippen molar-refractivity contribution < 1.29 is 15.6 Å². The molecule has 0 saturated heterocycles. The quantitative estimate of drug-likeness (QED) is 0.641. The Morgan fingerprint density at radius 2 is 2.36 bits per heavy atom. The predicted octanol–water partition coefficient (Wildman–Crippen LogP) is 2.14. The van der Waals surface area contributed by atoms with Gasteiger partial charge in [-0.15, -0.1) is 0 Å². The van der Waals surface area contributed by atoms with Gasteiger partial charge in [-0.1, -0.05) is 0 Å². The van der Waals surface area contributed by atoms with Gasteiger partial charge in [-0.2, -0.15) is 0 Å². The minimum Gasteiger partial charge on any atom is -0.463 e. The molecular weight excluding hydrogens is 180 g/mol. The second-order valence-corrected chi connectivity index (χ2v) is 3.72. The second-order valence-electron chi connectivity index (χ2n) is 3.72. The van der Waals surface area contributed by atoms with Crippen molar-refractivity contribution in [3.05, 3.63) is 29.3 Å². The highest BCUT2D eigenvalue weighted by molar-refractivity contribution is 5.75. The van der Waals surface area contributed by atoms with E-state index in [2.05, 4.69) is 0 Å². The third kappa shape index (κ3) is 1.63. The molecule has 0 aromatic heterocycles. The standard InChI is InChI=1S/C11H12O3/c1-11(2)13-7-9-5-8(6-12)3-4-10(9)14-11/h3-6H,7H2,1-2H3/i6D. The smallest absolute Gasteiger partial charge is 0.205 e. The Morgan fingerprint density at radius 3 is 3.07 bits per heavy atom. The fourth-order valence-corrected chi connectivity index (χ4v) is 1.40. The summed E-state index contributed by atoms with van der Waals surface area (Å²) in [6.07, 6.45) is -0.692. The number of benzene rings is 1. The first kappa shape index (κ1) is 8.00. The topological polar surface area (TPSA) is 35.5 Å². The normalized spacial score (nSPS) is 19.1. The number of carbonyl (C=O) groups excluding carboxylic acids is 1. The number of hydrogen-bond donors (Lipinski definition) is 0. The Bertz CT molecular complexity index is 412. The molecule has 0 radical (unpaired) electrons. The maximum Gasteiger partial charge on any atom is 0.205 e. The van der Waals surface area contributed by atoms with E-state index in [4.69, 9.17) is 10.8 Å². The van der Waals surface area contributed by atoms with Crippen molar-refractivity contribution in [3.8, 4) is 5.75 Å². The van der Waals surface area contributed by atoms with Crippen molar-refractivity contribution in [2.75, 3.05) is 0 Å². The number of hydrogen-bond acceptors (Lipinski definition) is 3. The van der Waals surface area contributed by atoms with Crippen LogP contribution in [-0.2, 0) is 11.3 Å². The van der Waals surface area contributed by atoms with Crippen LogP contribution in [0.5, 0.6) is 5.75 Å². The summed E-state index contributed by atoms with van der Waals surface area (Å²) in [6.45, 7) is 4.07. The van der Waals surface area contributed by atoms with Gasteiger partial charge in [0, 0.05) is 25.0 Å². The molecule has 74 valence electrons. The predicted molar refractivity (Wildman–Crippen MR) is 51.3 cm³/mol. The summed E-state index contributed by atoms with van der Waals surface area (Å²) in [5.41, 5.74) is 1.17.